The molecule has 112 valence electrons. The molecule has 0 saturated heterocycles. The summed E-state index contributed by atoms with van der Waals surface area (Å²) in [5, 5.41) is 3.24. The lowest BCUT2D eigenvalue weighted by atomic mass is 10.2. The van der Waals surface area contributed by atoms with Gasteiger partial charge < -0.3 is 10.1 Å². The van der Waals surface area contributed by atoms with Crippen LogP contribution in [0.1, 0.15) is 15.2 Å². The molecule has 1 N–H and O–H groups in total. The Hall–Kier alpha value is -0.0800. The first-order chi connectivity index (χ1) is 9.92. The van der Waals surface area contributed by atoms with Crippen LogP contribution in [-0.4, -0.2) is 13.1 Å². The fourth-order valence-electron chi connectivity index (χ4n) is 1.68. The van der Waals surface area contributed by atoms with E-state index in [-0.39, 0.29) is 0 Å². The van der Waals surface area contributed by atoms with Gasteiger partial charge in [0.05, 0.1) is 18.4 Å². The Kier molecular flexibility index (Phi) is 6.14. The SMILES string of the molecule is COC(=O)c1cc(Br)cc(Br)c1NCc1cc(Br)c(Cl)s1. The highest BCUT2D eigenvalue weighted by atomic mass is 79.9. The maximum Gasteiger partial charge on any atom is 0.340 e. The molecule has 21 heavy (non-hydrogen) atoms. The van der Waals surface area contributed by atoms with Gasteiger partial charge in [-0.2, -0.15) is 0 Å². The fourth-order valence-corrected chi connectivity index (χ4v) is 4.77. The van der Waals surface area contributed by atoms with Crippen molar-refractivity contribution < 1.29 is 9.53 Å². The zero-order valence-corrected chi connectivity index (χ0v) is 17.0. The topological polar surface area (TPSA) is 38.3 Å². The number of carbonyl (C=O) groups is 1. The first kappa shape index (κ1) is 17.3. The second-order valence-electron chi connectivity index (χ2n) is 3.99. The number of ether oxygens (including phenoxy) is 1. The van der Waals surface area contributed by atoms with Crippen LogP contribution in [0.4, 0.5) is 5.69 Å². The predicted octanol–water partition coefficient (Wildman–Crippen LogP) is 6.09. The molecule has 8 heteroatoms. The van der Waals surface area contributed by atoms with Crippen molar-refractivity contribution in [1.29, 1.82) is 0 Å². The normalized spacial score (nSPS) is 10.5. The summed E-state index contributed by atoms with van der Waals surface area (Å²) in [5.74, 6) is -0.398. The lowest BCUT2D eigenvalue weighted by Crippen LogP contribution is -2.08. The molecule has 2 aromatic rings. The van der Waals surface area contributed by atoms with E-state index in [2.05, 4.69) is 53.1 Å². The van der Waals surface area contributed by atoms with Crippen molar-refractivity contribution in [2.75, 3.05) is 12.4 Å². The van der Waals surface area contributed by atoms with Crippen molar-refractivity contribution in [2.45, 2.75) is 6.54 Å². The third-order valence-corrected chi connectivity index (χ3v) is 6.15. The van der Waals surface area contributed by atoms with E-state index in [9.17, 15) is 4.79 Å². The van der Waals surface area contributed by atoms with Gasteiger partial charge in [0.1, 0.15) is 4.34 Å². The molecule has 0 fully saturated rings. The van der Waals surface area contributed by atoms with Gasteiger partial charge in [-0.3, -0.25) is 0 Å². The summed E-state index contributed by atoms with van der Waals surface area (Å²) in [7, 11) is 1.36. The summed E-state index contributed by atoms with van der Waals surface area (Å²) in [6, 6.07) is 5.53. The molecule has 0 aliphatic heterocycles. The number of nitrogens with one attached hydrogen (secondary N) is 1. The van der Waals surface area contributed by atoms with E-state index < -0.39 is 5.97 Å². The van der Waals surface area contributed by atoms with Gasteiger partial charge in [0.15, 0.2) is 0 Å². The molecule has 1 heterocycles. The Balaban J connectivity index is 2.28. The zero-order chi connectivity index (χ0) is 15.6. The standard InChI is InChI=1S/C13H9Br3ClNO2S/c1-20-13(19)8-2-6(14)3-9(15)11(8)18-5-7-4-10(16)12(17)21-7/h2-4,18H,5H2,1H3. The van der Waals surface area contributed by atoms with Crippen LogP contribution in [-0.2, 0) is 11.3 Å². The van der Waals surface area contributed by atoms with Crippen LogP contribution < -0.4 is 5.32 Å². The van der Waals surface area contributed by atoms with Crippen LogP contribution in [0.2, 0.25) is 4.34 Å². The third kappa shape index (κ3) is 4.22. The summed E-state index contributed by atoms with van der Waals surface area (Å²) < 4.78 is 7.96. The molecule has 0 saturated carbocycles. The van der Waals surface area contributed by atoms with Gasteiger partial charge in [-0.25, -0.2) is 4.79 Å². The molecule has 0 spiro atoms. The molecule has 3 nitrogen and oxygen atoms in total. The molecule has 0 amide bonds. The minimum Gasteiger partial charge on any atom is -0.465 e. The minimum absolute atomic E-state index is 0.398. The van der Waals surface area contributed by atoms with E-state index >= 15 is 0 Å². The lowest BCUT2D eigenvalue weighted by Gasteiger charge is -2.13. The highest BCUT2D eigenvalue weighted by Crippen LogP contribution is 2.34. The highest BCUT2D eigenvalue weighted by molar-refractivity contribution is 9.11. The number of halogens is 4. The van der Waals surface area contributed by atoms with E-state index in [0.717, 1.165) is 18.3 Å². The molecule has 2 rings (SSSR count). The molecule has 0 aliphatic carbocycles. The monoisotopic (exact) mass is 515 g/mol. The maximum atomic E-state index is 11.9. The number of methoxy groups -OCH3 is 1. The first-order valence-electron chi connectivity index (χ1n) is 5.67. The van der Waals surface area contributed by atoms with E-state index in [1.54, 1.807) is 6.07 Å². The smallest absolute Gasteiger partial charge is 0.340 e. The van der Waals surface area contributed by atoms with Crippen LogP contribution in [0, 0.1) is 0 Å². The molecule has 0 unspecified atom stereocenters. The van der Waals surface area contributed by atoms with Crippen molar-refractivity contribution in [3.63, 3.8) is 0 Å². The Morgan fingerprint density at radius 1 is 1.29 bits per heavy atom. The summed E-state index contributed by atoms with van der Waals surface area (Å²) in [6.07, 6.45) is 0. The number of hydrogen-bond donors (Lipinski definition) is 1. The summed E-state index contributed by atoms with van der Waals surface area (Å²) in [6.45, 7) is 0.556. The number of benzene rings is 1. The average Bonchev–Trinajstić information content (AvgIpc) is 2.75. The minimum atomic E-state index is -0.398. The summed E-state index contributed by atoms with van der Waals surface area (Å²) >= 11 is 17.7. The Morgan fingerprint density at radius 2 is 2.00 bits per heavy atom. The quantitative estimate of drug-likeness (QED) is 0.498. The lowest BCUT2D eigenvalue weighted by molar-refractivity contribution is 0.0601. The number of esters is 1. The molecule has 1 aromatic heterocycles. The average molecular weight is 518 g/mol. The van der Waals surface area contributed by atoms with E-state index in [1.807, 2.05) is 12.1 Å². The largest absolute Gasteiger partial charge is 0.465 e. The Morgan fingerprint density at radius 3 is 2.57 bits per heavy atom. The zero-order valence-electron chi connectivity index (χ0n) is 10.7. The highest BCUT2D eigenvalue weighted by Gasteiger charge is 2.16. The molecule has 1 aromatic carbocycles. The van der Waals surface area contributed by atoms with Crippen molar-refractivity contribution in [2.24, 2.45) is 0 Å². The summed E-state index contributed by atoms with van der Waals surface area (Å²) in [4.78, 5) is 12.9. The second kappa shape index (κ2) is 7.46. The maximum absolute atomic E-state index is 11.9. The first-order valence-corrected chi connectivity index (χ1v) is 9.24. The molecule has 0 atom stereocenters. The number of anilines is 1. The van der Waals surface area contributed by atoms with Crippen molar-refractivity contribution in [3.05, 3.63) is 46.4 Å². The van der Waals surface area contributed by atoms with Crippen molar-refractivity contribution in [3.8, 4) is 0 Å². The fraction of sp³-hybridized carbons (Fsp3) is 0.154. The van der Waals surface area contributed by atoms with Gasteiger partial charge in [0, 0.05) is 24.8 Å². The van der Waals surface area contributed by atoms with E-state index in [4.69, 9.17) is 16.3 Å². The van der Waals surface area contributed by atoms with Crippen molar-refractivity contribution in [1.82, 2.24) is 0 Å². The van der Waals surface area contributed by atoms with Gasteiger partial charge in [0.2, 0.25) is 0 Å². The number of carbonyl (C=O) groups excluding carboxylic acids is 1. The molecule has 0 radical (unpaired) electrons. The number of thiophene rings is 1. The van der Waals surface area contributed by atoms with Gasteiger partial charge in [0.25, 0.3) is 0 Å². The third-order valence-electron chi connectivity index (χ3n) is 2.60. The van der Waals surface area contributed by atoms with E-state index in [1.165, 1.54) is 18.4 Å². The molecule has 0 aliphatic rings. The van der Waals surface area contributed by atoms with Crippen LogP contribution in [0.3, 0.4) is 0 Å². The second-order valence-corrected chi connectivity index (χ2v) is 8.35. The number of hydrogen-bond acceptors (Lipinski definition) is 4. The van der Waals surface area contributed by atoms with Gasteiger partial charge in [-0.1, -0.05) is 27.5 Å². The molecule has 0 bridgehead atoms. The van der Waals surface area contributed by atoms with Crippen LogP contribution >= 0.6 is 70.7 Å². The van der Waals surface area contributed by atoms with E-state index in [0.29, 0.717) is 22.1 Å². The Labute approximate surface area is 156 Å². The van der Waals surface area contributed by atoms with Crippen LogP contribution in [0.15, 0.2) is 31.6 Å². The molecular weight excluding hydrogens is 509 g/mol. The van der Waals surface area contributed by atoms with Crippen molar-refractivity contribution >= 4 is 82.4 Å². The Bertz CT molecular complexity index is 671. The predicted molar refractivity (Wildman–Crippen MR) is 97.5 cm³/mol. The van der Waals surface area contributed by atoms with Gasteiger partial charge in [-0.05, 0) is 50.1 Å². The van der Waals surface area contributed by atoms with Gasteiger partial charge in [-0.15, -0.1) is 11.3 Å². The number of rotatable bonds is 4. The molecular formula is C13H9Br3ClNO2S. The summed E-state index contributed by atoms with van der Waals surface area (Å²) in [5.41, 5.74) is 1.14. The van der Waals surface area contributed by atoms with Gasteiger partial charge >= 0.3 is 5.97 Å². The van der Waals surface area contributed by atoms with Crippen LogP contribution in [0.25, 0.3) is 0 Å². The van der Waals surface area contributed by atoms with Crippen LogP contribution in [0.5, 0.6) is 0 Å².